The van der Waals surface area contributed by atoms with Crippen LogP contribution in [0, 0.1) is 6.92 Å². The molecule has 0 amide bonds. The lowest BCUT2D eigenvalue weighted by molar-refractivity contribution is 0.355. The number of hydrogen-bond acceptors (Lipinski definition) is 4. The van der Waals surface area contributed by atoms with Crippen LogP contribution in [-0.4, -0.2) is 70.4 Å². The number of rotatable bonds is 6. The maximum absolute atomic E-state index is 12.2. The molecular formula is C17H30N4O2S. The topological polar surface area (TPSA) is 47.1 Å². The average Bonchev–Trinajstić information content (AvgIpc) is 2.56. The number of benzene rings is 1. The van der Waals surface area contributed by atoms with Crippen LogP contribution in [0.15, 0.2) is 18.2 Å². The van der Waals surface area contributed by atoms with Crippen molar-refractivity contribution in [3.05, 3.63) is 23.8 Å². The molecule has 0 unspecified atom stereocenters. The summed E-state index contributed by atoms with van der Waals surface area (Å²) in [6, 6.07) is 6.56. The maximum Gasteiger partial charge on any atom is 0.281 e. The lowest BCUT2D eigenvalue weighted by Gasteiger charge is -2.37. The summed E-state index contributed by atoms with van der Waals surface area (Å²) < 4.78 is 27.3. The second kappa shape index (κ2) is 7.72. The summed E-state index contributed by atoms with van der Waals surface area (Å²) in [6.07, 6.45) is 0. The summed E-state index contributed by atoms with van der Waals surface area (Å²) in [6.45, 7) is 10.9. The first kappa shape index (κ1) is 19.0. The predicted molar refractivity (Wildman–Crippen MR) is 101 cm³/mol. The van der Waals surface area contributed by atoms with Gasteiger partial charge in [-0.05, 0) is 44.5 Å². The summed E-state index contributed by atoms with van der Waals surface area (Å²) in [5.41, 5.74) is 3.69. The van der Waals surface area contributed by atoms with Gasteiger partial charge >= 0.3 is 0 Å². The van der Waals surface area contributed by atoms with Gasteiger partial charge in [0.25, 0.3) is 10.2 Å². The van der Waals surface area contributed by atoms with Crippen LogP contribution in [0.25, 0.3) is 0 Å². The Bertz CT molecular complexity index is 649. The van der Waals surface area contributed by atoms with Crippen molar-refractivity contribution < 1.29 is 8.42 Å². The van der Waals surface area contributed by atoms with Crippen molar-refractivity contribution in [3.8, 4) is 0 Å². The van der Waals surface area contributed by atoms with Crippen molar-refractivity contribution in [2.45, 2.75) is 20.8 Å². The minimum atomic E-state index is -3.31. The third-order valence-electron chi connectivity index (χ3n) is 4.68. The Kier molecular flexibility index (Phi) is 6.11. The first-order chi connectivity index (χ1) is 11.3. The smallest absolute Gasteiger partial charge is 0.281 e. The van der Waals surface area contributed by atoms with Crippen LogP contribution < -0.4 is 9.80 Å². The molecule has 24 heavy (non-hydrogen) atoms. The molecule has 0 aromatic heterocycles. The van der Waals surface area contributed by atoms with Gasteiger partial charge in [-0.2, -0.15) is 17.0 Å². The van der Waals surface area contributed by atoms with Gasteiger partial charge in [-0.3, -0.25) is 0 Å². The third kappa shape index (κ3) is 3.84. The van der Waals surface area contributed by atoms with E-state index in [1.54, 1.807) is 18.4 Å². The lowest BCUT2D eigenvalue weighted by Crippen LogP contribution is -2.51. The summed E-state index contributed by atoms with van der Waals surface area (Å²) >= 11 is 0. The normalized spacial score (nSPS) is 16.7. The van der Waals surface area contributed by atoms with E-state index >= 15 is 0 Å². The molecular weight excluding hydrogens is 324 g/mol. The number of hydrogen-bond donors (Lipinski definition) is 0. The van der Waals surface area contributed by atoms with Crippen molar-refractivity contribution in [2.75, 3.05) is 63.2 Å². The first-order valence-corrected chi connectivity index (χ1v) is 9.99. The van der Waals surface area contributed by atoms with E-state index in [1.807, 2.05) is 0 Å². The zero-order valence-corrected chi connectivity index (χ0v) is 16.3. The highest BCUT2D eigenvalue weighted by Crippen LogP contribution is 2.27. The highest BCUT2D eigenvalue weighted by molar-refractivity contribution is 7.86. The largest absolute Gasteiger partial charge is 0.372 e. The Balaban J connectivity index is 2.10. The molecule has 0 bridgehead atoms. The van der Waals surface area contributed by atoms with E-state index in [4.69, 9.17) is 0 Å². The zero-order chi connectivity index (χ0) is 17.9. The molecule has 0 spiro atoms. The third-order valence-corrected chi connectivity index (χ3v) is 6.62. The fourth-order valence-corrected chi connectivity index (χ4v) is 4.26. The molecule has 6 nitrogen and oxygen atoms in total. The molecule has 0 radical (unpaired) electrons. The molecule has 1 fully saturated rings. The number of aryl methyl sites for hydroxylation is 1. The van der Waals surface area contributed by atoms with Crippen molar-refractivity contribution in [1.29, 1.82) is 0 Å². The van der Waals surface area contributed by atoms with Crippen LogP contribution in [0.4, 0.5) is 11.4 Å². The summed E-state index contributed by atoms with van der Waals surface area (Å²) in [4.78, 5) is 4.61. The summed E-state index contributed by atoms with van der Waals surface area (Å²) in [5.74, 6) is 0. The van der Waals surface area contributed by atoms with Crippen LogP contribution in [0.1, 0.15) is 19.4 Å². The zero-order valence-electron chi connectivity index (χ0n) is 15.5. The molecule has 0 N–H and O–H groups in total. The van der Waals surface area contributed by atoms with E-state index in [0.717, 1.165) is 26.2 Å². The minimum absolute atomic E-state index is 0.526. The van der Waals surface area contributed by atoms with Gasteiger partial charge in [0, 0.05) is 64.7 Å². The average molecular weight is 355 g/mol. The molecule has 0 saturated carbocycles. The van der Waals surface area contributed by atoms with Crippen molar-refractivity contribution >= 4 is 21.6 Å². The number of nitrogens with zero attached hydrogens (tertiary/aromatic N) is 4. The highest BCUT2D eigenvalue weighted by atomic mass is 32.2. The van der Waals surface area contributed by atoms with Crippen LogP contribution >= 0.6 is 0 Å². The van der Waals surface area contributed by atoms with Gasteiger partial charge < -0.3 is 9.80 Å². The van der Waals surface area contributed by atoms with Gasteiger partial charge in [0.2, 0.25) is 0 Å². The fourth-order valence-electron chi connectivity index (χ4n) is 3.17. The van der Waals surface area contributed by atoms with E-state index in [2.05, 4.69) is 48.8 Å². The Morgan fingerprint density at radius 2 is 1.62 bits per heavy atom. The van der Waals surface area contributed by atoms with Crippen LogP contribution in [-0.2, 0) is 10.2 Å². The van der Waals surface area contributed by atoms with E-state index in [-0.39, 0.29) is 0 Å². The first-order valence-electron chi connectivity index (χ1n) is 8.59. The van der Waals surface area contributed by atoms with Crippen molar-refractivity contribution in [1.82, 2.24) is 8.61 Å². The number of anilines is 2. The van der Waals surface area contributed by atoms with Gasteiger partial charge in [-0.25, -0.2) is 0 Å². The predicted octanol–water partition coefficient (Wildman–Crippen LogP) is 1.77. The molecule has 7 heteroatoms. The molecule has 0 atom stereocenters. The molecule has 1 aliphatic rings. The standard InChI is InChI=1S/C17H30N4O2S/c1-6-19(7-2)16-8-9-17(15(3)14-16)20-10-12-21(13-11-20)24(22,23)18(4)5/h8-9,14H,6-7,10-13H2,1-5H3. The van der Waals surface area contributed by atoms with E-state index in [0.29, 0.717) is 13.1 Å². The molecule has 1 aromatic carbocycles. The Labute approximate surface area is 146 Å². The number of piperazine rings is 1. The lowest BCUT2D eigenvalue weighted by atomic mass is 10.1. The summed E-state index contributed by atoms with van der Waals surface area (Å²) in [7, 11) is -0.145. The SMILES string of the molecule is CCN(CC)c1ccc(N2CCN(S(=O)(=O)N(C)C)CC2)c(C)c1. The fraction of sp³-hybridized carbons (Fsp3) is 0.647. The van der Waals surface area contributed by atoms with Gasteiger partial charge in [0.15, 0.2) is 0 Å². The maximum atomic E-state index is 12.2. The molecule has 1 heterocycles. The Hall–Kier alpha value is -1.31. The quantitative estimate of drug-likeness (QED) is 0.781. The second-order valence-electron chi connectivity index (χ2n) is 6.32. The monoisotopic (exact) mass is 354 g/mol. The van der Waals surface area contributed by atoms with Gasteiger partial charge in [-0.1, -0.05) is 0 Å². The molecule has 2 rings (SSSR count). The molecule has 0 aliphatic carbocycles. The molecule has 136 valence electrons. The van der Waals surface area contributed by atoms with Crippen LogP contribution in [0.5, 0.6) is 0 Å². The van der Waals surface area contributed by atoms with Crippen LogP contribution in [0.2, 0.25) is 0 Å². The second-order valence-corrected chi connectivity index (χ2v) is 8.46. The molecule has 1 aromatic rings. The van der Waals surface area contributed by atoms with Crippen molar-refractivity contribution in [2.24, 2.45) is 0 Å². The van der Waals surface area contributed by atoms with E-state index in [9.17, 15) is 8.42 Å². The highest BCUT2D eigenvalue weighted by Gasteiger charge is 2.29. The minimum Gasteiger partial charge on any atom is -0.372 e. The molecule has 1 saturated heterocycles. The molecule has 1 aliphatic heterocycles. The van der Waals surface area contributed by atoms with Gasteiger partial charge in [0.1, 0.15) is 0 Å². The van der Waals surface area contributed by atoms with E-state index in [1.165, 1.54) is 21.2 Å². The van der Waals surface area contributed by atoms with E-state index < -0.39 is 10.2 Å². The Morgan fingerprint density at radius 1 is 1.04 bits per heavy atom. The Morgan fingerprint density at radius 3 is 2.08 bits per heavy atom. The van der Waals surface area contributed by atoms with Crippen molar-refractivity contribution in [3.63, 3.8) is 0 Å². The van der Waals surface area contributed by atoms with Gasteiger partial charge in [0.05, 0.1) is 0 Å². The summed E-state index contributed by atoms with van der Waals surface area (Å²) in [5, 5.41) is 0. The van der Waals surface area contributed by atoms with Gasteiger partial charge in [-0.15, -0.1) is 0 Å². The van der Waals surface area contributed by atoms with Crippen LogP contribution in [0.3, 0.4) is 0 Å².